The molecule has 0 unspecified atom stereocenters. The topological polar surface area (TPSA) is 99.6 Å². The fraction of sp³-hybridized carbons (Fsp3) is 0.111. The van der Waals surface area contributed by atoms with Crippen LogP contribution in [0.25, 0.3) is 11.0 Å². The Morgan fingerprint density at radius 2 is 1.88 bits per heavy atom. The Bertz CT molecular complexity index is 1010. The van der Waals surface area contributed by atoms with Crippen LogP contribution in [-0.4, -0.2) is 35.2 Å². The van der Waals surface area contributed by atoms with Crippen molar-refractivity contribution in [2.75, 3.05) is 18.7 Å². The highest BCUT2D eigenvalue weighted by atomic mass is 16.7. The molecule has 1 aromatic heterocycles. The number of amides is 1. The van der Waals surface area contributed by atoms with Gasteiger partial charge in [0.2, 0.25) is 6.79 Å². The van der Waals surface area contributed by atoms with Gasteiger partial charge in [-0.2, -0.15) is 0 Å². The van der Waals surface area contributed by atoms with E-state index in [9.17, 15) is 9.59 Å². The Hall–Kier alpha value is -3.68. The highest BCUT2D eigenvalue weighted by Gasteiger charge is 2.16. The van der Waals surface area contributed by atoms with Gasteiger partial charge in [-0.25, -0.2) is 9.78 Å². The SMILES string of the molecule is O=C(COC(=O)c1cnc2ccccc2n1)Nc1ccc2c(c1)OCO2. The molecule has 1 aliphatic heterocycles. The number of para-hydroxylation sites is 2. The minimum atomic E-state index is -0.718. The maximum Gasteiger partial charge on any atom is 0.359 e. The molecule has 4 rings (SSSR count). The number of nitrogens with zero attached hydrogens (tertiary/aromatic N) is 2. The molecule has 0 saturated heterocycles. The molecule has 0 bridgehead atoms. The summed E-state index contributed by atoms with van der Waals surface area (Å²) in [4.78, 5) is 32.3. The molecule has 0 saturated carbocycles. The number of carbonyl (C=O) groups excluding carboxylic acids is 2. The molecule has 0 spiro atoms. The average Bonchev–Trinajstić information content (AvgIpc) is 3.13. The Morgan fingerprint density at radius 1 is 1.08 bits per heavy atom. The van der Waals surface area contributed by atoms with Gasteiger partial charge in [-0.1, -0.05) is 12.1 Å². The maximum absolute atomic E-state index is 12.1. The molecule has 0 atom stereocenters. The normalized spacial score (nSPS) is 12.0. The minimum absolute atomic E-state index is 0.0413. The first-order valence-corrected chi connectivity index (χ1v) is 7.77. The van der Waals surface area contributed by atoms with E-state index >= 15 is 0 Å². The van der Waals surface area contributed by atoms with Gasteiger partial charge in [0.25, 0.3) is 5.91 Å². The van der Waals surface area contributed by atoms with Gasteiger partial charge in [0.15, 0.2) is 23.8 Å². The second kappa shape index (κ2) is 6.67. The largest absolute Gasteiger partial charge is 0.454 e. The van der Waals surface area contributed by atoms with Crippen LogP contribution in [0.4, 0.5) is 5.69 Å². The van der Waals surface area contributed by atoms with Gasteiger partial charge >= 0.3 is 5.97 Å². The summed E-state index contributed by atoms with van der Waals surface area (Å²) in [5.74, 6) is -0.0365. The third-order valence-corrected chi connectivity index (χ3v) is 3.65. The molecule has 130 valence electrons. The smallest absolute Gasteiger partial charge is 0.359 e. The molecular weight excluding hydrogens is 338 g/mol. The van der Waals surface area contributed by atoms with Crippen LogP contribution in [0.3, 0.4) is 0 Å². The number of hydrogen-bond acceptors (Lipinski definition) is 7. The van der Waals surface area contributed by atoms with E-state index < -0.39 is 18.5 Å². The van der Waals surface area contributed by atoms with Crippen molar-refractivity contribution < 1.29 is 23.8 Å². The highest BCUT2D eigenvalue weighted by Crippen LogP contribution is 2.34. The first-order chi connectivity index (χ1) is 12.7. The molecular formula is C18H13N3O5. The molecule has 26 heavy (non-hydrogen) atoms. The van der Waals surface area contributed by atoms with Crippen LogP contribution in [0.15, 0.2) is 48.7 Å². The third kappa shape index (κ3) is 3.25. The summed E-state index contributed by atoms with van der Waals surface area (Å²) in [5.41, 5.74) is 1.80. The minimum Gasteiger partial charge on any atom is -0.454 e. The average molecular weight is 351 g/mol. The van der Waals surface area contributed by atoms with Crippen molar-refractivity contribution in [3.63, 3.8) is 0 Å². The number of rotatable bonds is 4. The van der Waals surface area contributed by atoms with E-state index in [2.05, 4.69) is 15.3 Å². The van der Waals surface area contributed by atoms with Gasteiger partial charge in [-0.3, -0.25) is 9.78 Å². The monoisotopic (exact) mass is 351 g/mol. The van der Waals surface area contributed by atoms with E-state index in [4.69, 9.17) is 14.2 Å². The van der Waals surface area contributed by atoms with E-state index in [1.165, 1.54) is 6.20 Å². The molecule has 8 nitrogen and oxygen atoms in total. The van der Waals surface area contributed by atoms with E-state index in [1.54, 1.807) is 36.4 Å². The van der Waals surface area contributed by atoms with Crippen LogP contribution in [0.5, 0.6) is 11.5 Å². The third-order valence-electron chi connectivity index (χ3n) is 3.65. The van der Waals surface area contributed by atoms with E-state index in [0.29, 0.717) is 28.2 Å². The van der Waals surface area contributed by atoms with Crippen molar-refractivity contribution in [1.82, 2.24) is 9.97 Å². The summed E-state index contributed by atoms with van der Waals surface area (Å²) in [5, 5.41) is 2.62. The molecule has 2 aromatic carbocycles. The number of carbonyl (C=O) groups is 2. The van der Waals surface area contributed by atoms with Crippen molar-refractivity contribution in [3.8, 4) is 11.5 Å². The van der Waals surface area contributed by atoms with Crippen molar-refractivity contribution in [1.29, 1.82) is 0 Å². The lowest BCUT2D eigenvalue weighted by molar-refractivity contribution is -0.119. The summed E-state index contributed by atoms with van der Waals surface area (Å²) in [7, 11) is 0. The fourth-order valence-corrected chi connectivity index (χ4v) is 2.43. The fourth-order valence-electron chi connectivity index (χ4n) is 2.43. The molecule has 1 amide bonds. The van der Waals surface area contributed by atoms with Crippen molar-refractivity contribution in [2.45, 2.75) is 0 Å². The summed E-state index contributed by atoms with van der Waals surface area (Å²) in [6, 6.07) is 12.1. The van der Waals surface area contributed by atoms with Crippen molar-refractivity contribution in [2.24, 2.45) is 0 Å². The van der Waals surface area contributed by atoms with Crippen molar-refractivity contribution >= 4 is 28.6 Å². The number of hydrogen-bond donors (Lipinski definition) is 1. The van der Waals surface area contributed by atoms with Crippen LogP contribution in [0.2, 0.25) is 0 Å². The Balaban J connectivity index is 1.36. The summed E-state index contributed by atoms with van der Waals surface area (Å²) < 4.78 is 15.4. The second-order valence-corrected chi connectivity index (χ2v) is 5.44. The van der Waals surface area contributed by atoms with Gasteiger partial charge in [-0.05, 0) is 24.3 Å². The molecule has 0 fully saturated rings. The first kappa shape index (κ1) is 15.8. The predicted molar refractivity (Wildman–Crippen MR) is 91.0 cm³/mol. The molecule has 8 heteroatoms. The van der Waals surface area contributed by atoms with Crippen LogP contribution in [-0.2, 0) is 9.53 Å². The second-order valence-electron chi connectivity index (χ2n) is 5.44. The van der Waals surface area contributed by atoms with Gasteiger partial charge < -0.3 is 19.5 Å². The van der Waals surface area contributed by atoms with Gasteiger partial charge in [0.05, 0.1) is 17.2 Å². The molecule has 3 aromatic rings. The zero-order chi connectivity index (χ0) is 17.9. The van der Waals surface area contributed by atoms with E-state index in [-0.39, 0.29) is 12.5 Å². The number of fused-ring (bicyclic) bond motifs is 2. The van der Waals surface area contributed by atoms with Gasteiger partial charge in [-0.15, -0.1) is 0 Å². The lowest BCUT2D eigenvalue weighted by Gasteiger charge is -2.07. The Labute approximate surface area is 147 Å². The summed E-state index contributed by atoms with van der Waals surface area (Å²) in [6.45, 7) is -0.293. The van der Waals surface area contributed by atoms with Crippen LogP contribution in [0, 0.1) is 0 Å². The number of anilines is 1. The standard InChI is InChI=1S/C18H13N3O5/c22-17(20-11-5-6-15-16(7-11)26-10-25-15)9-24-18(23)14-8-19-12-3-1-2-4-13(12)21-14/h1-8H,9-10H2,(H,20,22). The number of benzene rings is 2. The lowest BCUT2D eigenvalue weighted by Crippen LogP contribution is -2.21. The zero-order valence-electron chi connectivity index (χ0n) is 13.5. The van der Waals surface area contributed by atoms with E-state index in [1.807, 2.05) is 6.07 Å². The summed E-state index contributed by atoms with van der Waals surface area (Å²) >= 11 is 0. The number of esters is 1. The first-order valence-electron chi connectivity index (χ1n) is 7.77. The molecule has 1 aliphatic rings. The van der Waals surface area contributed by atoms with Crippen molar-refractivity contribution in [3.05, 3.63) is 54.4 Å². The van der Waals surface area contributed by atoms with Gasteiger partial charge in [0, 0.05) is 11.8 Å². The Morgan fingerprint density at radius 3 is 2.77 bits per heavy atom. The van der Waals surface area contributed by atoms with Crippen LogP contribution < -0.4 is 14.8 Å². The molecule has 1 N–H and O–H groups in total. The zero-order valence-corrected chi connectivity index (χ0v) is 13.5. The molecule has 2 heterocycles. The van der Waals surface area contributed by atoms with E-state index in [0.717, 1.165) is 0 Å². The van der Waals surface area contributed by atoms with Crippen LogP contribution >= 0.6 is 0 Å². The number of nitrogens with one attached hydrogen (secondary N) is 1. The summed E-state index contributed by atoms with van der Waals surface area (Å²) in [6.07, 6.45) is 1.32. The maximum atomic E-state index is 12.1. The number of ether oxygens (including phenoxy) is 3. The lowest BCUT2D eigenvalue weighted by atomic mass is 10.3. The molecule has 0 radical (unpaired) electrons. The number of aromatic nitrogens is 2. The van der Waals surface area contributed by atoms with Crippen LogP contribution in [0.1, 0.15) is 10.5 Å². The molecule has 0 aliphatic carbocycles. The predicted octanol–water partition coefficient (Wildman–Crippen LogP) is 2.15. The van der Waals surface area contributed by atoms with Gasteiger partial charge in [0.1, 0.15) is 0 Å². The quantitative estimate of drug-likeness (QED) is 0.719. The Kier molecular flexibility index (Phi) is 4.06. The highest BCUT2D eigenvalue weighted by molar-refractivity contribution is 5.95.